The van der Waals surface area contributed by atoms with E-state index in [0.717, 1.165) is 22.3 Å². The number of allylic oxidation sites excluding steroid dienone is 8. The van der Waals surface area contributed by atoms with Crippen LogP contribution in [-0.2, 0) is 21.7 Å². The van der Waals surface area contributed by atoms with E-state index in [1.807, 2.05) is 99.7 Å². The smallest absolute Gasteiger partial charge is 1.00 e. The number of halogens is 6. The Morgan fingerprint density at radius 2 is 1.00 bits per heavy atom. The molecular formula is C33H33Cl6NTi-2. The summed E-state index contributed by atoms with van der Waals surface area (Å²) in [5.41, 5.74) is 10.7. The zero-order valence-electron chi connectivity index (χ0n) is 23.3. The summed E-state index contributed by atoms with van der Waals surface area (Å²) in [5, 5.41) is 2.25. The Bertz CT molecular complexity index is 1180. The fourth-order valence-electron chi connectivity index (χ4n) is 3.83. The quantitative estimate of drug-likeness (QED) is 0.235. The van der Waals surface area contributed by atoms with Crippen LogP contribution < -0.4 is 24.8 Å². The second-order valence-electron chi connectivity index (χ2n) is 9.68. The number of rotatable bonds is 4. The summed E-state index contributed by atoms with van der Waals surface area (Å²) in [6, 6.07) is 17.6. The summed E-state index contributed by atoms with van der Waals surface area (Å²) in [6.45, 7) is 5.56. The van der Waals surface area contributed by atoms with Gasteiger partial charge < -0.3 is 38.0 Å². The Kier molecular flexibility index (Phi) is 20.6. The number of benzene rings is 2. The monoisotopic (exact) mass is 701 g/mol. The molecule has 0 heterocycles. The van der Waals surface area contributed by atoms with Crippen LogP contribution in [0.2, 0.25) is 20.1 Å². The first kappa shape index (κ1) is 42.2. The van der Waals surface area contributed by atoms with Crippen molar-refractivity contribution in [3.05, 3.63) is 165 Å². The fourth-order valence-corrected chi connectivity index (χ4v) is 4.75. The molecule has 218 valence electrons. The Morgan fingerprint density at radius 3 is 1.27 bits per heavy atom. The SMILES string of the molecule is CC(C)(C)[NH-].Clc1ccc([CH-]c2ccc(Cl)c(Cl)c2C2C=CC=C2)c(C2C=CC=C2)c1Cl.[CH3-].[Cl-].[Cl-].[Ti+4].c1cc[cH-]c1. The molecule has 41 heavy (non-hydrogen) atoms. The van der Waals surface area contributed by atoms with E-state index in [0.29, 0.717) is 20.1 Å². The van der Waals surface area contributed by atoms with Gasteiger partial charge in [0.15, 0.2) is 0 Å². The summed E-state index contributed by atoms with van der Waals surface area (Å²) >= 11 is 25.8. The molecule has 2 aliphatic rings. The van der Waals surface area contributed by atoms with Crippen LogP contribution in [0.4, 0.5) is 0 Å². The summed E-state index contributed by atoms with van der Waals surface area (Å²) in [4.78, 5) is 0. The molecule has 0 fully saturated rings. The summed E-state index contributed by atoms with van der Waals surface area (Å²) in [7, 11) is 0. The molecule has 0 aromatic heterocycles. The van der Waals surface area contributed by atoms with E-state index in [9.17, 15) is 0 Å². The van der Waals surface area contributed by atoms with Crippen molar-refractivity contribution in [3.63, 3.8) is 0 Å². The second kappa shape index (κ2) is 20.1. The molecule has 0 atom stereocenters. The summed E-state index contributed by atoms with van der Waals surface area (Å²) < 4.78 is 0. The summed E-state index contributed by atoms with van der Waals surface area (Å²) in [6.07, 6.45) is 18.6. The molecule has 0 amide bonds. The maximum Gasteiger partial charge on any atom is 4.00 e. The van der Waals surface area contributed by atoms with Gasteiger partial charge in [-0.3, -0.25) is 0 Å². The van der Waals surface area contributed by atoms with Crippen LogP contribution in [0.1, 0.15) is 54.9 Å². The van der Waals surface area contributed by atoms with Gasteiger partial charge in [-0.05, 0) is 11.8 Å². The fraction of sp³-hybridized carbons (Fsp3) is 0.182. The third-order valence-electron chi connectivity index (χ3n) is 5.36. The summed E-state index contributed by atoms with van der Waals surface area (Å²) in [5.74, 6) is 0.194. The van der Waals surface area contributed by atoms with Gasteiger partial charge in [0, 0.05) is 20.1 Å². The maximum absolute atomic E-state index is 6.94. The minimum Gasteiger partial charge on any atom is -1.00 e. The van der Waals surface area contributed by atoms with E-state index in [1.54, 1.807) is 0 Å². The van der Waals surface area contributed by atoms with Crippen LogP contribution in [0.25, 0.3) is 5.73 Å². The molecule has 0 bridgehead atoms. The third kappa shape index (κ3) is 13.1. The van der Waals surface area contributed by atoms with Crippen LogP contribution in [-0.4, -0.2) is 5.54 Å². The van der Waals surface area contributed by atoms with Crippen LogP contribution in [0.15, 0.2) is 103 Å². The average Bonchev–Trinajstić information content (AvgIpc) is 3.63. The Morgan fingerprint density at radius 1 is 0.683 bits per heavy atom. The molecule has 0 saturated carbocycles. The predicted molar refractivity (Wildman–Crippen MR) is 170 cm³/mol. The van der Waals surface area contributed by atoms with Gasteiger partial charge in [0.2, 0.25) is 0 Å². The van der Waals surface area contributed by atoms with E-state index in [1.165, 1.54) is 0 Å². The molecule has 3 aromatic carbocycles. The van der Waals surface area contributed by atoms with Crippen molar-refractivity contribution in [1.29, 1.82) is 0 Å². The van der Waals surface area contributed by atoms with E-state index in [-0.39, 0.29) is 71.3 Å². The van der Waals surface area contributed by atoms with Crippen molar-refractivity contribution in [2.24, 2.45) is 0 Å². The molecule has 2 aliphatic carbocycles. The normalized spacial score (nSPS) is 13.0. The van der Waals surface area contributed by atoms with Crippen molar-refractivity contribution >= 4 is 46.4 Å². The van der Waals surface area contributed by atoms with Gasteiger partial charge in [0.1, 0.15) is 0 Å². The van der Waals surface area contributed by atoms with Crippen molar-refractivity contribution in [3.8, 4) is 0 Å². The van der Waals surface area contributed by atoms with Crippen molar-refractivity contribution in [2.75, 3.05) is 0 Å². The molecule has 0 radical (unpaired) electrons. The Labute approximate surface area is 293 Å². The first-order chi connectivity index (χ1) is 17.6. The predicted octanol–water partition coefficient (Wildman–Crippen LogP) is 6.02. The first-order valence-corrected chi connectivity index (χ1v) is 13.5. The van der Waals surface area contributed by atoms with Gasteiger partial charge in [0.25, 0.3) is 0 Å². The Hall–Kier alpha value is -0.966. The van der Waals surface area contributed by atoms with Crippen LogP contribution >= 0.6 is 46.4 Å². The molecule has 1 nitrogen and oxygen atoms in total. The largest absolute Gasteiger partial charge is 4.00 e. The number of hydrogen-bond donors (Lipinski definition) is 0. The van der Waals surface area contributed by atoms with Crippen LogP contribution in [0, 0.1) is 13.8 Å². The number of hydrogen-bond acceptors (Lipinski definition) is 0. The van der Waals surface area contributed by atoms with Crippen molar-refractivity contribution in [2.45, 2.75) is 38.1 Å². The number of nitrogens with one attached hydrogen (secondary N) is 1. The van der Waals surface area contributed by atoms with Gasteiger partial charge in [0.05, 0.1) is 0 Å². The first-order valence-electron chi connectivity index (χ1n) is 12.0. The van der Waals surface area contributed by atoms with Gasteiger partial charge in [-0.1, -0.05) is 139 Å². The van der Waals surface area contributed by atoms with E-state index in [2.05, 4.69) is 30.7 Å². The molecule has 1 N–H and O–H groups in total. The maximum atomic E-state index is 6.94. The molecule has 5 rings (SSSR count). The minimum absolute atomic E-state index is 0. The van der Waals surface area contributed by atoms with Crippen LogP contribution in [0.3, 0.4) is 0 Å². The van der Waals surface area contributed by atoms with Crippen LogP contribution in [0.5, 0.6) is 0 Å². The topological polar surface area (TPSA) is 23.8 Å². The molecule has 0 spiro atoms. The molecule has 0 saturated heterocycles. The molecule has 0 unspecified atom stereocenters. The van der Waals surface area contributed by atoms with E-state index in [4.69, 9.17) is 52.1 Å². The van der Waals surface area contributed by atoms with Crippen molar-refractivity contribution in [1.82, 2.24) is 0 Å². The van der Waals surface area contributed by atoms with E-state index < -0.39 is 0 Å². The zero-order chi connectivity index (χ0) is 27.0. The van der Waals surface area contributed by atoms with Gasteiger partial charge >= 0.3 is 21.7 Å². The minimum atomic E-state index is -0.250. The van der Waals surface area contributed by atoms with Gasteiger partial charge in [-0.25, -0.2) is 12.1 Å². The average molecular weight is 704 g/mol. The standard InChI is InChI=1S/C23H15Cl4.C5H5.C4H10N.CH3.2ClH.Ti/c24-18-11-9-16(20(22(18)26)14-5-1-2-6-14)13-17-10-12-19(25)23(27)21(17)15-7-3-4-8-15;1-2-4-5-3-1;1-4(2,3)5;;;;/h1-15H;1-5H;5H,1-3H3;1H3;2*1H;/q4*-1;;;+4/p-2. The molecule has 8 heteroatoms. The zero-order valence-corrected chi connectivity index (χ0v) is 29.4. The Balaban J connectivity index is 0. The third-order valence-corrected chi connectivity index (χ3v) is 7.00. The second-order valence-corrected chi connectivity index (χ2v) is 11.2. The van der Waals surface area contributed by atoms with E-state index >= 15 is 0 Å². The molecule has 0 aliphatic heterocycles. The van der Waals surface area contributed by atoms with Gasteiger partial charge in [-0.2, -0.15) is 18.2 Å². The van der Waals surface area contributed by atoms with Gasteiger partial charge in [-0.15, -0.1) is 35.2 Å². The van der Waals surface area contributed by atoms with Crippen molar-refractivity contribution < 1.29 is 46.5 Å². The molecule has 3 aromatic rings. The molecular weight excluding hydrogens is 671 g/mol.